The first-order chi connectivity index (χ1) is 9.06. The van der Waals surface area contributed by atoms with Gasteiger partial charge in [-0.1, -0.05) is 0 Å². The minimum Gasteiger partial charge on any atom is -0.455 e. The largest absolute Gasteiger partial charge is 0.455 e. The summed E-state index contributed by atoms with van der Waals surface area (Å²) in [5.41, 5.74) is 5.17. The number of hydrogen-bond donors (Lipinski definition) is 1. The number of aryl methyl sites for hydroxylation is 1. The maximum Gasteiger partial charge on any atom is 0.314 e. The van der Waals surface area contributed by atoms with Crippen LogP contribution in [0, 0.1) is 12.8 Å². The molecule has 2 amide bonds. The Bertz CT molecular complexity index is 465. The Kier molecular flexibility index (Phi) is 3.98. The number of ether oxygens (including phenoxy) is 1. The second kappa shape index (κ2) is 5.68. The van der Waals surface area contributed by atoms with E-state index in [4.69, 9.17) is 14.9 Å². The molecular weight excluding hydrogens is 252 g/mol. The van der Waals surface area contributed by atoms with Crippen LogP contribution in [0.3, 0.4) is 0 Å². The lowest BCUT2D eigenvalue weighted by atomic mass is 9.97. The van der Waals surface area contributed by atoms with E-state index in [0.717, 1.165) is 0 Å². The van der Waals surface area contributed by atoms with Crippen LogP contribution in [0.1, 0.15) is 24.6 Å². The number of urea groups is 1. The van der Waals surface area contributed by atoms with Gasteiger partial charge in [-0.05, 0) is 12.8 Å². The summed E-state index contributed by atoms with van der Waals surface area (Å²) in [5.74, 6) is 0.195. The van der Waals surface area contributed by atoms with E-state index >= 15 is 0 Å². The number of hydrogen-bond acceptors (Lipinski definition) is 6. The van der Waals surface area contributed by atoms with Crippen molar-refractivity contribution in [3.05, 3.63) is 11.8 Å². The third-order valence-corrected chi connectivity index (χ3v) is 3.05. The van der Waals surface area contributed by atoms with Crippen molar-refractivity contribution >= 4 is 12.0 Å². The number of aromatic nitrogens is 2. The first-order valence-electron chi connectivity index (χ1n) is 6.06. The molecular formula is C11H16N4O4. The predicted molar refractivity (Wildman–Crippen MR) is 62.7 cm³/mol. The Morgan fingerprint density at radius 3 is 2.63 bits per heavy atom. The molecule has 0 saturated carbocycles. The molecule has 8 nitrogen and oxygen atoms in total. The van der Waals surface area contributed by atoms with Gasteiger partial charge in [-0.2, -0.15) is 0 Å². The van der Waals surface area contributed by atoms with Gasteiger partial charge in [-0.3, -0.25) is 4.79 Å². The van der Waals surface area contributed by atoms with Gasteiger partial charge in [-0.15, -0.1) is 10.2 Å². The molecule has 8 heteroatoms. The molecule has 104 valence electrons. The van der Waals surface area contributed by atoms with Crippen LogP contribution in [0.5, 0.6) is 0 Å². The lowest BCUT2D eigenvalue weighted by Crippen LogP contribution is -2.43. The van der Waals surface area contributed by atoms with E-state index in [9.17, 15) is 9.59 Å². The summed E-state index contributed by atoms with van der Waals surface area (Å²) in [5, 5.41) is 7.38. The lowest BCUT2D eigenvalue weighted by molar-refractivity contribution is -0.152. The molecule has 0 aliphatic carbocycles. The summed E-state index contributed by atoms with van der Waals surface area (Å²) in [6.45, 7) is 2.61. The van der Waals surface area contributed by atoms with Gasteiger partial charge >= 0.3 is 12.0 Å². The van der Waals surface area contributed by atoms with Gasteiger partial charge in [0.15, 0.2) is 6.61 Å². The van der Waals surface area contributed by atoms with Gasteiger partial charge in [0.1, 0.15) is 0 Å². The summed E-state index contributed by atoms with van der Waals surface area (Å²) in [6, 6.07) is -0.451. The van der Waals surface area contributed by atoms with Crippen molar-refractivity contribution in [1.29, 1.82) is 0 Å². The molecule has 1 fully saturated rings. The number of primary amides is 1. The number of carbonyl (C=O) groups excluding carboxylic acids is 2. The maximum absolute atomic E-state index is 11.8. The standard InChI is InChI=1S/C11H16N4O4/c1-7-13-14-9(19-7)6-18-10(16)8-2-4-15(5-3-8)11(12)17/h8H,2-6H2,1H3,(H2,12,17). The number of likely N-dealkylation sites (tertiary alicyclic amines) is 1. The van der Waals surface area contributed by atoms with Gasteiger partial charge in [0.25, 0.3) is 5.89 Å². The molecule has 0 atom stereocenters. The number of piperidine rings is 1. The van der Waals surface area contributed by atoms with E-state index in [-0.39, 0.29) is 24.4 Å². The normalized spacial score (nSPS) is 16.4. The monoisotopic (exact) mass is 268 g/mol. The van der Waals surface area contributed by atoms with E-state index in [1.54, 1.807) is 6.92 Å². The average Bonchev–Trinajstić information content (AvgIpc) is 2.82. The molecule has 1 aromatic heterocycles. The molecule has 0 spiro atoms. The summed E-state index contributed by atoms with van der Waals surface area (Å²) in [4.78, 5) is 24.3. The number of nitrogens with two attached hydrogens (primary N) is 1. The Labute approximate surface area is 109 Å². The predicted octanol–water partition coefficient (Wildman–Crippen LogP) is 0.212. The van der Waals surface area contributed by atoms with Gasteiger partial charge in [0.2, 0.25) is 5.89 Å². The molecule has 0 unspecified atom stereocenters. The van der Waals surface area contributed by atoms with Crippen LogP contribution >= 0.6 is 0 Å². The number of amides is 2. The van der Waals surface area contributed by atoms with Gasteiger partial charge < -0.3 is 19.8 Å². The van der Waals surface area contributed by atoms with Gasteiger partial charge in [0.05, 0.1) is 5.92 Å². The number of rotatable bonds is 3. The van der Waals surface area contributed by atoms with Crippen LogP contribution in [-0.2, 0) is 16.1 Å². The molecule has 0 radical (unpaired) electrons. The van der Waals surface area contributed by atoms with Crippen molar-refractivity contribution < 1.29 is 18.7 Å². The molecule has 0 bridgehead atoms. The second-order valence-electron chi connectivity index (χ2n) is 4.42. The number of nitrogens with zero attached hydrogens (tertiary/aromatic N) is 3. The van der Waals surface area contributed by atoms with Crippen LogP contribution in [0.2, 0.25) is 0 Å². The Hall–Kier alpha value is -2.12. The summed E-state index contributed by atoms with van der Waals surface area (Å²) < 4.78 is 10.2. The quantitative estimate of drug-likeness (QED) is 0.784. The van der Waals surface area contributed by atoms with E-state index < -0.39 is 6.03 Å². The van der Waals surface area contributed by atoms with Crippen molar-refractivity contribution in [1.82, 2.24) is 15.1 Å². The van der Waals surface area contributed by atoms with Crippen LogP contribution in [0.25, 0.3) is 0 Å². The first kappa shape index (κ1) is 13.3. The first-order valence-corrected chi connectivity index (χ1v) is 6.06. The third kappa shape index (κ3) is 3.43. The molecule has 2 rings (SSSR count). The van der Waals surface area contributed by atoms with Crippen LogP contribution < -0.4 is 5.73 Å². The van der Waals surface area contributed by atoms with Crippen molar-refractivity contribution in [2.45, 2.75) is 26.4 Å². The molecule has 0 aromatic carbocycles. The van der Waals surface area contributed by atoms with E-state index in [1.165, 1.54) is 4.90 Å². The summed E-state index contributed by atoms with van der Waals surface area (Å²) in [7, 11) is 0. The lowest BCUT2D eigenvalue weighted by Gasteiger charge is -2.29. The number of carbonyl (C=O) groups is 2. The third-order valence-electron chi connectivity index (χ3n) is 3.05. The van der Waals surface area contributed by atoms with E-state index in [0.29, 0.717) is 31.8 Å². The highest BCUT2D eigenvalue weighted by Gasteiger charge is 2.27. The van der Waals surface area contributed by atoms with Crippen molar-refractivity contribution in [3.8, 4) is 0 Å². The van der Waals surface area contributed by atoms with Crippen molar-refractivity contribution in [2.24, 2.45) is 11.7 Å². The minimum atomic E-state index is -0.451. The van der Waals surface area contributed by atoms with Crippen LogP contribution in [0.4, 0.5) is 4.79 Å². The highest BCUT2D eigenvalue weighted by Crippen LogP contribution is 2.18. The molecule has 1 aromatic rings. The molecule has 2 N–H and O–H groups in total. The molecule has 1 saturated heterocycles. The maximum atomic E-state index is 11.8. The Morgan fingerprint density at radius 1 is 1.42 bits per heavy atom. The summed E-state index contributed by atoms with van der Waals surface area (Å²) >= 11 is 0. The molecule has 2 heterocycles. The highest BCUT2D eigenvalue weighted by atomic mass is 16.5. The van der Waals surface area contributed by atoms with E-state index in [2.05, 4.69) is 10.2 Å². The fourth-order valence-corrected chi connectivity index (χ4v) is 1.98. The van der Waals surface area contributed by atoms with Gasteiger partial charge in [0, 0.05) is 20.0 Å². The van der Waals surface area contributed by atoms with Gasteiger partial charge in [-0.25, -0.2) is 4.79 Å². The smallest absolute Gasteiger partial charge is 0.314 e. The van der Waals surface area contributed by atoms with Crippen molar-refractivity contribution in [3.63, 3.8) is 0 Å². The highest BCUT2D eigenvalue weighted by molar-refractivity contribution is 5.74. The second-order valence-corrected chi connectivity index (χ2v) is 4.42. The Morgan fingerprint density at radius 2 is 2.11 bits per heavy atom. The molecule has 1 aliphatic rings. The topological polar surface area (TPSA) is 112 Å². The molecule has 19 heavy (non-hydrogen) atoms. The fourth-order valence-electron chi connectivity index (χ4n) is 1.98. The zero-order chi connectivity index (χ0) is 13.8. The van der Waals surface area contributed by atoms with Crippen molar-refractivity contribution in [2.75, 3.05) is 13.1 Å². The average molecular weight is 268 g/mol. The Balaban J connectivity index is 1.77. The van der Waals surface area contributed by atoms with E-state index in [1.807, 2.05) is 0 Å². The zero-order valence-electron chi connectivity index (χ0n) is 10.7. The number of esters is 1. The fraction of sp³-hybridized carbons (Fsp3) is 0.636. The van der Waals surface area contributed by atoms with Crippen LogP contribution in [-0.4, -0.2) is 40.2 Å². The minimum absolute atomic E-state index is 0.0181. The molecule has 1 aliphatic heterocycles. The summed E-state index contributed by atoms with van der Waals surface area (Å²) in [6.07, 6.45) is 1.12. The van der Waals surface area contributed by atoms with Crippen LogP contribution in [0.15, 0.2) is 4.42 Å². The SMILES string of the molecule is Cc1nnc(COC(=O)C2CCN(C(N)=O)CC2)o1. The zero-order valence-corrected chi connectivity index (χ0v) is 10.7.